The minimum absolute atomic E-state index is 0.0287. The van der Waals surface area contributed by atoms with E-state index in [4.69, 9.17) is 4.74 Å². The second kappa shape index (κ2) is 11.4. The van der Waals surface area contributed by atoms with Gasteiger partial charge in [0.05, 0.1) is 18.0 Å². The summed E-state index contributed by atoms with van der Waals surface area (Å²) in [7, 11) is 0. The highest BCUT2D eigenvalue weighted by molar-refractivity contribution is 6.04. The Labute approximate surface area is 225 Å². The van der Waals surface area contributed by atoms with Crippen molar-refractivity contribution in [1.82, 2.24) is 15.1 Å². The summed E-state index contributed by atoms with van der Waals surface area (Å²) in [5, 5.41) is 20.8. The first-order chi connectivity index (χ1) is 18.9. The van der Waals surface area contributed by atoms with Gasteiger partial charge in [0.2, 0.25) is 0 Å². The summed E-state index contributed by atoms with van der Waals surface area (Å²) in [6.45, 7) is 2.57. The molecule has 1 aromatic heterocycles. The molecule has 9 heteroatoms. The van der Waals surface area contributed by atoms with E-state index in [2.05, 4.69) is 15.7 Å². The lowest BCUT2D eigenvalue weighted by Crippen LogP contribution is -2.31. The minimum atomic E-state index is -0.438. The third-order valence-corrected chi connectivity index (χ3v) is 6.74. The van der Waals surface area contributed by atoms with E-state index in [9.17, 15) is 19.1 Å². The van der Waals surface area contributed by atoms with Crippen LogP contribution in [0.1, 0.15) is 53.7 Å². The fourth-order valence-corrected chi connectivity index (χ4v) is 4.48. The van der Waals surface area contributed by atoms with E-state index in [-0.39, 0.29) is 29.9 Å². The van der Waals surface area contributed by atoms with Crippen LogP contribution in [0, 0.1) is 5.82 Å². The van der Waals surface area contributed by atoms with Crippen molar-refractivity contribution in [3.63, 3.8) is 0 Å². The maximum Gasteiger partial charge on any atom is 0.342 e. The Balaban J connectivity index is 1.37. The number of rotatable bonds is 8. The molecule has 3 N–H and O–H groups in total. The quantitative estimate of drug-likeness (QED) is 0.241. The van der Waals surface area contributed by atoms with Gasteiger partial charge in [0, 0.05) is 29.3 Å². The molecule has 0 bridgehead atoms. The van der Waals surface area contributed by atoms with Crippen LogP contribution in [0.5, 0.6) is 11.5 Å². The highest BCUT2D eigenvalue weighted by Crippen LogP contribution is 2.39. The van der Waals surface area contributed by atoms with E-state index in [0.29, 0.717) is 40.4 Å². The van der Waals surface area contributed by atoms with Gasteiger partial charge in [-0.1, -0.05) is 18.6 Å². The van der Waals surface area contributed by atoms with Crippen LogP contribution in [0.4, 0.5) is 14.9 Å². The molecule has 3 aromatic carbocycles. The molecule has 39 heavy (non-hydrogen) atoms. The number of phenols is 1. The lowest BCUT2D eigenvalue weighted by molar-refractivity contribution is 0.102. The number of anilines is 1. The maximum absolute atomic E-state index is 13.5. The molecule has 1 aliphatic carbocycles. The zero-order chi connectivity index (χ0) is 27.4. The van der Waals surface area contributed by atoms with Crippen LogP contribution < -0.4 is 15.4 Å². The molecule has 8 nitrogen and oxygen atoms in total. The first-order valence-corrected chi connectivity index (χ1v) is 12.9. The second-order valence-corrected chi connectivity index (χ2v) is 9.43. The number of nitrogens with zero attached hydrogens (tertiary/aromatic N) is 2. The van der Waals surface area contributed by atoms with Gasteiger partial charge >= 0.3 is 6.03 Å². The van der Waals surface area contributed by atoms with Gasteiger partial charge in [-0.3, -0.25) is 4.79 Å². The van der Waals surface area contributed by atoms with Crippen molar-refractivity contribution in [2.75, 3.05) is 11.9 Å². The number of hydrogen-bond acceptors (Lipinski definition) is 5. The summed E-state index contributed by atoms with van der Waals surface area (Å²) >= 11 is 0. The Bertz CT molecular complexity index is 1500. The van der Waals surface area contributed by atoms with Gasteiger partial charge in [-0.25, -0.2) is 9.18 Å². The molecule has 2 amide bonds. The van der Waals surface area contributed by atoms with Gasteiger partial charge in [0.25, 0.3) is 5.91 Å². The Morgan fingerprint density at radius 1 is 1.08 bits per heavy atom. The number of nitrogens with one attached hydrogen (secondary N) is 2. The predicted molar refractivity (Wildman–Crippen MR) is 146 cm³/mol. The molecule has 0 unspecified atom stereocenters. The van der Waals surface area contributed by atoms with E-state index in [0.717, 1.165) is 25.0 Å². The van der Waals surface area contributed by atoms with Crippen LogP contribution in [0.15, 0.2) is 72.8 Å². The van der Waals surface area contributed by atoms with Crippen molar-refractivity contribution in [1.29, 1.82) is 0 Å². The number of phenolic OH excluding ortho intramolecular Hbond substituents is 1. The van der Waals surface area contributed by atoms with Crippen molar-refractivity contribution in [2.24, 2.45) is 0 Å². The Morgan fingerprint density at radius 3 is 2.56 bits per heavy atom. The first-order valence-electron chi connectivity index (χ1n) is 12.9. The van der Waals surface area contributed by atoms with Crippen LogP contribution in [0.25, 0.3) is 11.3 Å². The number of carbonyl (C=O) groups is 2. The largest absolute Gasteiger partial charge is 0.507 e. The lowest BCUT2D eigenvalue weighted by Gasteiger charge is -2.25. The normalized spacial score (nSPS) is 13.0. The maximum atomic E-state index is 13.5. The number of aromatic nitrogens is 2. The van der Waals surface area contributed by atoms with Gasteiger partial charge in [0.15, 0.2) is 0 Å². The molecule has 0 atom stereocenters. The molecule has 1 fully saturated rings. The monoisotopic (exact) mass is 528 g/mol. The van der Waals surface area contributed by atoms with Crippen LogP contribution in [-0.2, 0) is 6.54 Å². The summed E-state index contributed by atoms with van der Waals surface area (Å²) in [6.07, 6.45) is 2.94. The second-order valence-electron chi connectivity index (χ2n) is 9.43. The van der Waals surface area contributed by atoms with Crippen molar-refractivity contribution in [3.05, 3.63) is 95.4 Å². The van der Waals surface area contributed by atoms with Gasteiger partial charge < -0.3 is 20.5 Å². The molecule has 5 rings (SSSR count). The highest BCUT2D eigenvalue weighted by atomic mass is 19.1. The Hall–Kier alpha value is -4.66. The molecule has 0 aliphatic heterocycles. The van der Waals surface area contributed by atoms with Crippen molar-refractivity contribution in [2.45, 2.75) is 38.6 Å². The number of ether oxygens (including phenoxy) is 1. The van der Waals surface area contributed by atoms with E-state index in [1.54, 1.807) is 54.6 Å². The van der Waals surface area contributed by atoms with Gasteiger partial charge in [-0.2, -0.15) is 9.78 Å². The zero-order valence-corrected chi connectivity index (χ0v) is 21.5. The molecular weight excluding hydrogens is 499 g/mol. The SMILES string of the molecule is CCOc1ccc(C(=O)Nc2ccc(O)c(-c3cc(C4CCC4)n(C(=O)NCc4cccc(F)c4)n3)c2)cc1. The van der Waals surface area contributed by atoms with Gasteiger partial charge in [-0.15, -0.1) is 0 Å². The van der Waals surface area contributed by atoms with E-state index in [1.807, 2.05) is 6.92 Å². The molecular formula is C30H29FN4O4. The van der Waals surface area contributed by atoms with Gasteiger partial charge in [-0.05, 0) is 86.0 Å². The Morgan fingerprint density at radius 2 is 1.87 bits per heavy atom. The number of hydrogen-bond donors (Lipinski definition) is 3. The lowest BCUT2D eigenvalue weighted by atomic mass is 9.82. The molecule has 200 valence electrons. The summed E-state index contributed by atoms with van der Waals surface area (Å²) in [5.74, 6) is 0.143. The molecule has 0 saturated heterocycles. The number of amides is 2. The van der Waals surface area contributed by atoms with E-state index in [1.165, 1.54) is 22.9 Å². The predicted octanol–water partition coefficient (Wildman–Crippen LogP) is 6.07. The fourth-order valence-electron chi connectivity index (χ4n) is 4.48. The fraction of sp³-hybridized carbons (Fsp3) is 0.233. The molecule has 4 aromatic rings. The molecule has 1 saturated carbocycles. The standard InChI is InChI=1S/C30H29FN4O4/c1-2-39-24-12-9-21(10-13-24)29(37)33-23-11-14-28(36)25(16-23)26-17-27(20-6-4-7-20)35(34-26)30(38)32-18-19-5-3-8-22(31)15-19/h3,5,8-17,20,36H,2,4,6-7,18H2,1H3,(H,32,38)(H,33,37). The molecule has 0 spiro atoms. The molecule has 0 radical (unpaired) electrons. The van der Waals surface area contributed by atoms with Crippen LogP contribution in [0.2, 0.25) is 0 Å². The summed E-state index contributed by atoms with van der Waals surface area (Å²) in [6, 6.07) is 18.9. The first kappa shape index (κ1) is 26.0. The summed E-state index contributed by atoms with van der Waals surface area (Å²) in [4.78, 5) is 25.9. The summed E-state index contributed by atoms with van der Waals surface area (Å²) < 4.78 is 20.3. The summed E-state index contributed by atoms with van der Waals surface area (Å²) in [5.41, 5.74) is 3.10. The highest BCUT2D eigenvalue weighted by Gasteiger charge is 2.27. The minimum Gasteiger partial charge on any atom is -0.507 e. The topological polar surface area (TPSA) is 105 Å². The third kappa shape index (κ3) is 5.93. The molecule has 1 heterocycles. The number of benzene rings is 3. The average molecular weight is 529 g/mol. The third-order valence-electron chi connectivity index (χ3n) is 6.74. The van der Waals surface area contributed by atoms with Crippen molar-refractivity contribution in [3.8, 4) is 22.8 Å². The van der Waals surface area contributed by atoms with E-state index >= 15 is 0 Å². The average Bonchev–Trinajstić information content (AvgIpc) is 3.32. The van der Waals surface area contributed by atoms with Gasteiger partial charge in [0.1, 0.15) is 17.3 Å². The number of halogens is 1. The smallest absolute Gasteiger partial charge is 0.342 e. The number of aromatic hydroxyl groups is 1. The zero-order valence-electron chi connectivity index (χ0n) is 21.5. The van der Waals surface area contributed by atoms with Crippen LogP contribution in [0.3, 0.4) is 0 Å². The van der Waals surface area contributed by atoms with Crippen LogP contribution in [-0.4, -0.2) is 33.4 Å². The number of carbonyl (C=O) groups excluding carboxylic acids is 2. The van der Waals surface area contributed by atoms with Crippen LogP contribution >= 0.6 is 0 Å². The Kier molecular flexibility index (Phi) is 7.58. The van der Waals surface area contributed by atoms with Crippen molar-refractivity contribution >= 4 is 17.6 Å². The molecule has 1 aliphatic rings. The van der Waals surface area contributed by atoms with Crippen molar-refractivity contribution < 1.29 is 23.8 Å². The van der Waals surface area contributed by atoms with E-state index < -0.39 is 6.03 Å².